The van der Waals surface area contributed by atoms with Crippen molar-refractivity contribution >= 4 is 28.2 Å². The third-order valence-corrected chi connectivity index (χ3v) is 3.47. The lowest BCUT2D eigenvalue weighted by molar-refractivity contribution is -0.384. The first-order chi connectivity index (χ1) is 11.0. The number of carbonyl (C=O) groups is 1. The van der Waals surface area contributed by atoms with E-state index in [-0.39, 0.29) is 18.1 Å². The van der Waals surface area contributed by atoms with E-state index >= 15 is 0 Å². The molecule has 0 saturated carbocycles. The first-order valence-electron chi connectivity index (χ1n) is 6.99. The Morgan fingerprint density at radius 2 is 2.00 bits per heavy atom. The van der Waals surface area contributed by atoms with Gasteiger partial charge in [0.05, 0.1) is 16.6 Å². The Bertz CT molecular complexity index is 884. The predicted molar refractivity (Wildman–Crippen MR) is 86.2 cm³/mol. The van der Waals surface area contributed by atoms with Crippen LogP contribution < -0.4 is 5.32 Å². The number of nitro benzene ring substituents is 1. The van der Waals surface area contributed by atoms with Crippen LogP contribution >= 0.6 is 0 Å². The maximum atomic E-state index is 12.1. The van der Waals surface area contributed by atoms with Crippen molar-refractivity contribution in [3.8, 4) is 0 Å². The largest absolute Gasteiger partial charge is 0.324 e. The lowest BCUT2D eigenvalue weighted by Gasteiger charge is -2.06. The van der Waals surface area contributed by atoms with Gasteiger partial charge in [0.25, 0.3) is 5.69 Å². The maximum absolute atomic E-state index is 12.1. The fraction of sp³-hybridized carbons (Fsp3) is 0.125. The van der Waals surface area contributed by atoms with Gasteiger partial charge < -0.3 is 5.32 Å². The van der Waals surface area contributed by atoms with Crippen molar-refractivity contribution in [1.29, 1.82) is 0 Å². The molecule has 0 saturated heterocycles. The number of aromatic nitrogens is 2. The fourth-order valence-electron chi connectivity index (χ4n) is 2.27. The standard InChI is InChI=1S/C16H14N4O3/c1-11-2-5-13(6-3-11)18-16(21)10-19-15-8-14(20(22)23)7-4-12(15)9-17-19/h2-9H,10H2,1H3,(H,18,21). The van der Waals surface area contributed by atoms with E-state index in [1.807, 2.05) is 31.2 Å². The van der Waals surface area contributed by atoms with Gasteiger partial charge in [-0.3, -0.25) is 19.6 Å². The zero-order valence-electron chi connectivity index (χ0n) is 12.4. The van der Waals surface area contributed by atoms with Crippen LogP contribution in [0.4, 0.5) is 11.4 Å². The van der Waals surface area contributed by atoms with Crippen LogP contribution in [0.25, 0.3) is 10.9 Å². The molecule has 7 heteroatoms. The van der Waals surface area contributed by atoms with Crippen LogP contribution in [0, 0.1) is 17.0 Å². The molecule has 3 aromatic rings. The summed E-state index contributed by atoms with van der Waals surface area (Å²) in [6, 6.07) is 11.9. The lowest BCUT2D eigenvalue weighted by atomic mass is 10.2. The van der Waals surface area contributed by atoms with Crippen LogP contribution in [0.3, 0.4) is 0 Å². The molecule has 1 aromatic heterocycles. The summed E-state index contributed by atoms with van der Waals surface area (Å²) in [6.45, 7) is 1.95. The van der Waals surface area contributed by atoms with Crippen molar-refractivity contribution in [1.82, 2.24) is 9.78 Å². The van der Waals surface area contributed by atoms with E-state index in [9.17, 15) is 14.9 Å². The average Bonchev–Trinajstić information content (AvgIpc) is 2.92. The smallest absolute Gasteiger partial charge is 0.271 e. The molecule has 1 amide bonds. The normalized spacial score (nSPS) is 10.7. The van der Waals surface area contributed by atoms with Gasteiger partial charge in [0.15, 0.2) is 0 Å². The van der Waals surface area contributed by atoms with E-state index in [2.05, 4.69) is 10.4 Å². The number of hydrogen-bond acceptors (Lipinski definition) is 4. The van der Waals surface area contributed by atoms with Crippen molar-refractivity contribution in [2.45, 2.75) is 13.5 Å². The molecule has 0 bridgehead atoms. The molecule has 0 aliphatic carbocycles. The SMILES string of the molecule is Cc1ccc(NC(=O)Cn2ncc3ccc([N+](=O)[O-])cc32)cc1. The average molecular weight is 310 g/mol. The van der Waals surface area contributed by atoms with Gasteiger partial charge in [-0.05, 0) is 25.1 Å². The molecule has 116 valence electrons. The number of nitro groups is 1. The Hall–Kier alpha value is -3.22. The molecular weight excluding hydrogens is 296 g/mol. The molecule has 2 aromatic carbocycles. The van der Waals surface area contributed by atoms with Crippen molar-refractivity contribution < 1.29 is 9.72 Å². The molecule has 0 aliphatic rings. The van der Waals surface area contributed by atoms with Gasteiger partial charge in [0, 0.05) is 23.2 Å². The molecule has 3 rings (SSSR count). The van der Waals surface area contributed by atoms with Gasteiger partial charge in [-0.2, -0.15) is 5.10 Å². The summed E-state index contributed by atoms with van der Waals surface area (Å²) < 4.78 is 1.45. The third-order valence-electron chi connectivity index (χ3n) is 3.47. The van der Waals surface area contributed by atoms with Crippen LogP contribution in [-0.4, -0.2) is 20.6 Å². The third kappa shape index (κ3) is 3.18. The van der Waals surface area contributed by atoms with E-state index in [1.54, 1.807) is 12.3 Å². The number of aryl methyl sites for hydroxylation is 1. The summed E-state index contributed by atoms with van der Waals surface area (Å²) in [5.74, 6) is -0.245. The summed E-state index contributed by atoms with van der Waals surface area (Å²) in [5.41, 5.74) is 2.33. The van der Waals surface area contributed by atoms with Gasteiger partial charge in [-0.1, -0.05) is 17.7 Å². The minimum Gasteiger partial charge on any atom is -0.324 e. The fourth-order valence-corrected chi connectivity index (χ4v) is 2.27. The Morgan fingerprint density at radius 1 is 1.26 bits per heavy atom. The van der Waals surface area contributed by atoms with E-state index in [0.717, 1.165) is 10.9 Å². The van der Waals surface area contributed by atoms with E-state index < -0.39 is 4.92 Å². The van der Waals surface area contributed by atoms with Crippen LogP contribution in [0.1, 0.15) is 5.56 Å². The van der Waals surface area contributed by atoms with Crippen molar-refractivity contribution in [2.24, 2.45) is 0 Å². The molecule has 0 aliphatic heterocycles. The van der Waals surface area contributed by atoms with Gasteiger partial charge in [-0.15, -0.1) is 0 Å². The number of nitrogens with one attached hydrogen (secondary N) is 1. The number of carbonyl (C=O) groups excluding carboxylic acids is 1. The highest BCUT2D eigenvalue weighted by Gasteiger charge is 2.12. The van der Waals surface area contributed by atoms with Crippen LogP contribution in [0.5, 0.6) is 0 Å². The predicted octanol–water partition coefficient (Wildman–Crippen LogP) is 2.89. The number of fused-ring (bicyclic) bond motifs is 1. The number of rotatable bonds is 4. The number of anilines is 1. The number of hydrogen-bond donors (Lipinski definition) is 1. The topological polar surface area (TPSA) is 90.1 Å². The highest BCUT2D eigenvalue weighted by molar-refractivity contribution is 5.91. The second-order valence-corrected chi connectivity index (χ2v) is 5.22. The summed E-state index contributed by atoms with van der Waals surface area (Å²) in [7, 11) is 0. The van der Waals surface area contributed by atoms with Gasteiger partial charge in [0.2, 0.25) is 5.91 Å². The molecule has 1 N–H and O–H groups in total. The summed E-state index contributed by atoms with van der Waals surface area (Å²) >= 11 is 0. The monoisotopic (exact) mass is 310 g/mol. The molecule has 23 heavy (non-hydrogen) atoms. The highest BCUT2D eigenvalue weighted by atomic mass is 16.6. The first-order valence-corrected chi connectivity index (χ1v) is 6.99. The number of nitrogens with zero attached hydrogens (tertiary/aromatic N) is 3. The highest BCUT2D eigenvalue weighted by Crippen LogP contribution is 2.20. The summed E-state index contributed by atoms with van der Waals surface area (Å²) in [4.78, 5) is 22.5. The molecule has 0 unspecified atom stereocenters. The van der Waals surface area contributed by atoms with Crippen molar-refractivity contribution in [3.05, 3.63) is 64.3 Å². The Balaban J connectivity index is 1.80. The maximum Gasteiger partial charge on any atom is 0.271 e. The quantitative estimate of drug-likeness (QED) is 0.592. The molecule has 0 fully saturated rings. The minimum atomic E-state index is -0.469. The lowest BCUT2D eigenvalue weighted by Crippen LogP contribution is -2.19. The van der Waals surface area contributed by atoms with E-state index in [4.69, 9.17) is 0 Å². The minimum absolute atomic E-state index is 0.0153. The number of benzene rings is 2. The summed E-state index contributed by atoms with van der Waals surface area (Å²) in [5, 5.41) is 18.5. The molecule has 0 spiro atoms. The van der Waals surface area contributed by atoms with Gasteiger partial charge in [-0.25, -0.2) is 0 Å². The van der Waals surface area contributed by atoms with Gasteiger partial charge in [0.1, 0.15) is 6.54 Å². The molecule has 0 atom stereocenters. The zero-order valence-corrected chi connectivity index (χ0v) is 12.4. The molecular formula is C16H14N4O3. The van der Waals surface area contributed by atoms with Crippen LogP contribution in [0.2, 0.25) is 0 Å². The van der Waals surface area contributed by atoms with Crippen molar-refractivity contribution in [2.75, 3.05) is 5.32 Å². The molecule has 1 heterocycles. The molecule has 7 nitrogen and oxygen atoms in total. The van der Waals surface area contributed by atoms with Gasteiger partial charge >= 0.3 is 0 Å². The Kier molecular flexibility index (Phi) is 3.76. The number of non-ortho nitro benzene ring substituents is 1. The second-order valence-electron chi connectivity index (χ2n) is 5.22. The van der Waals surface area contributed by atoms with Crippen LogP contribution in [-0.2, 0) is 11.3 Å². The number of amides is 1. The van der Waals surface area contributed by atoms with Crippen LogP contribution in [0.15, 0.2) is 48.7 Å². The summed E-state index contributed by atoms with van der Waals surface area (Å²) in [6.07, 6.45) is 1.58. The van der Waals surface area contributed by atoms with E-state index in [1.165, 1.54) is 16.8 Å². The van der Waals surface area contributed by atoms with E-state index in [0.29, 0.717) is 11.2 Å². The zero-order chi connectivity index (χ0) is 16.4. The second kappa shape index (κ2) is 5.88. The first kappa shape index (κ1) is 14.7. The molecule has 0 radical (unpaired) electrons. The Morgan fingerprint density at radius 3 is 2.70 bits per heavy atom. The Labute approximate surface area is 131 Å². The van der Waals surface area contributed by atoms with Crippen molar-refractivity contribution in [3.63, 3.8) is 0 Å².